The molecule has 0 fully saturated rings. The van der Waals surface area contributed by atoms with Crippen molar-refractivity contribution in [1.29, 1.82) is 0 Å². The third-order valence-electron chi connectivity index (χ3n) is 4.98. The molecule has 1 aliphatic heterocycles. The standard InChI is InChI=1S/C19H20ClN7O/c1-19(2,3)17-23-24-18(28-17)26-8-6-12-15(22-10-21-12)16(26)13-9-14-11(20)5-4-7-27(14)25-13/h4-5,7,9-10,16H,6,8H2,1-3H3,(H,21,22)/t16-/m1/s1. The molecular formula is C19H20ClN7O. The Morgan fingerprint density at radius 2 is 2.14 bits per heavy atom. The molecule has 5 rings (SSSR count). The second kappa shape index (κ2) is 6.07. The van der Waals surface area contributed by atoms with E-state index in [0.29, 0.717) is 23.5 Å². The summed E-state index contributed by atoms with van der Waals surface area (Å²) in [5.41, 5.74) is 3.48. The highest BCUT2D eigenvalue weighted by atomic mass is 35.5. The molecule has 0 aromatic carbocycles. The van der Waals surface area contributed by atoms with E-state index in [4.69, 9.17) is 21.1 Å². The molecule has 144 valence electrons. The first kappa shape index (κ1) is 17.2. The topological polar surface area (TPSA) is 88.1 Å². The minimum Gasteiger partial charge on any atom is -0.407 e. The first-order chi connectivity index (χ1) is 13.4. The lowest BCUT2D eigenvalue weighted by molar-refractivity contribution is 0.385. The zero-order valence-corrected chi connectivity index (χ0v) is 16.6. The molecule has 1 atom stereocenters. The van der Waals surface area contributed by atoms with Crippen molar-refractivity contribution in [3.8, 4) is 0 Å². The van der Waals surface area contributed by atoms with Gasteiger partial charge in [-0.25, -0.2) is 9.50 Å². The van der Waals surface area contributed by atoms with Crippen molar-refractivity contribution in [1.82, 2.24) is 29.8 Å². The van der Waals surface area contributed by atoms with Crippen LogP contribution in [0.5, 0.6) is 0 Å². The monoisotopic (exact) mass is 397 g/mol. The predicted molar refractivity (Wildman–Crippen MR) is 105 cm³/mol. The van der Waals surface area contributed by atoms with Crippen molar-refractivity contribution in [3.63, 3.8) is 0 Å². The highest BCUT2D eigenvalue weighted by molar-refractivity contribution is 6.33. The van der Waals surface area contributed by atoms with Gasteiger partial charge in [0, 0.05) is 30.3 Å². The van der Waals surface area contributed by atoms with Crippen molar-refractivity contribution in [2.45, 2.75) is 38.6 Å². The van der Waals surface area contributed by atoms with Crippen LogP contribution in [0.4, 0.5) is 6.01 Å². The first-order valence-corrected chi connectivity index (χ1v) is 9.56. The Morgan fingerprint density at radius 1 is 1.29 bits per heavy atom. The molecule has 0 saturated heterocycles. The third-order valence-corrected chi connectivity index (χ3v) is 5.30. The number of H-pyrrole nitrogens is 1. The minimum absolute atomic E-state index is 0.218. The number of fused-ring (bicyclic) bond motifs is 2. The van der Waals surface area contributed by atoms with Gasteiger partial charge in [-0.3, -0.25) is 0 Å². The van der Waals surface area contributed by atoms with Gasteiger partial charge in [-0.1, -0.05) is 37.5 Å². The Bertz CT molecular complexity index is 1150. The maximum absolute atomic E-state index is 6.36. The Balaban J connectivity index is 1.64. The molecule has 0 amide bonds. The summed E-state index contributed by atoms with van der Waals surface area (Å²) in [6.07, 6.45) is 4.42. The number of anilines is 1. The second-order valence-corrected chi connectivity index (χ2v) is 8.41. The number of halogens is 1. The molecule has 28 heavy (non-hydrogen) atoms. The van der Waals surface area contributed by atoms with E-state index in [1.807, 2.05) is 45.2 Å². The number of aromatic amines is 1. The first-order valence-electron chi connectivity index (χ1n) is 9.18. The van der Waals surface area contributed by atoms with E-state index in [-0.39, 0.29) is 11.5 Å². The van der Waals surface area contributed by atoms with Crippen LogP contribution in [0.15, 0.2) is 35.1 Å². The number of pyridine rings is 1. The van der Waals surface area contributed by atoms with Gasteiger partial charge in [0.2, 0.25) is 5.89 Å². The molecule has 1 aliphatic rings. The maximum Gasteiger partial charge on any atom is 0.319 e. The van der Waals surface area contributed by atoms with Crippen LogP contribution in [0.25, 0.3) is 5.52 Å². The lowest BCUT2D eigenvalue weighted by atomic mass is 9.97. The molecule has 1 N–H and O–H groups in total. The van der Waals surface area contributed by atoms with Crippen LogP contribution in [0.3, 0.4) is 0 Å². The van der Waals surface area contributed by atoms with Gasteiger partial charge in [-0.2, -0.15) is 5.10 Å². The molecule has 0 aliphatic carbocycles. The molecule has 9 heteroatoms. The second-order valence-electron chi connectivity index (χ2n) is 8.01. The number of hydrogen-bond acceptors (Lipinski definition) is 6. The SMILES string of the molecule is CC(C)(C)c1nnc(N2CCc3[nH]cnc3[C@H]2c2cc3c(Cl)cccn3n2)o1. The van der Waals surface area contributed by atoms with Gasteiger partial charge in [0.15, 0.2) is 0 Å². The van der Waals surface area contributed by atoms with Crippen LogP contribution in [0, 0.1) is 0 Å². The molecule has 0 bridgehead atoms. The summed E-state index contributed by atoms with van der Waals surface area (Å²) >= 11 is 6.36. The van der Waals surface area contributed by atoms with Crippen molar-refractivity contribution < 1.29 is 4.42 Å². The maximum atomic E-state index is 6.36. The normalized spacial score (nSPS) is 17.3. The van der Waals surface area contributed by atoms with E-state index in [2.05, 4.69) is 25.1 Å². The molecular weight excluding hydrogens is 378 g/mol. The number of nitrogens with zero attached hydrogens (tertiary/aromatic N) is 6. The van der Waals surface area contributed by atoms with Gasteiger partial charge >= 0.3 is 6.01 Å². The fourth-order valence-electron chi connectivity index (χ4n) is 3.55. The largest absolute Gasteiger partial charge is 0.407 e. The van der Waals surface area contributed by atoms with Gasteiger partial charge in [-0.15, -0.1) is 5.10 Å². The van der Waals surface area contributed by atoms with Gasteiger partial charge in [-0.05, 0) is 18.2 Å². The number of rotatable bonds is 2. The average Bonchev–Trinajstić information content (AvgIpc) is 3.38. The number of nitrogens with one attached hydrogen (secondary N) is 1. The van der Waals surface area contributed by atoms with Crippen LogP contribution in [0.2, 0.25) is 5.02 Å². The number of imidazole rings is 1. The van der Waals surface area contributed by atoms with E-state index < -0.39 is 0 Å². The summed E-state index contributed by atoms with van der Waals surface area (Å²) in [7, 11) is 0. The van der Waals surface area contributed by atoms with Crippen LogP contribution in [0.1, 0.15) is 49.8 Å². The highest BCUT2D eigenvalue weighted by Gasteiger charge is 2.36. The zero-order chi connectivity index (χ0) is 19.5. The molecule has 0 unspecified atom stereocenters. The van der Waals surface area contributed by atoms with Crippen LogP contribution in [-0.2, 0) is 11.8 Å². The van der Waals surface area contributed by atoms with Crippen LogP contribution < -0.4 is 4.90 Å². The molecule has 4 aromatic rings. The molecule has 0 radical (unpaired) electrons. The van der Waals surface area contributed by atoms with Gasteiger partial charge in [0.05, 0.1) is 28.3 Å². The van der Waals surface area contributed by atoms with Crippen LogP contribution >= 0.6 is 11.6 Å². The van der Waals surface area contributed by atoms with Crippen molar-refractivity contribution in [2.75, 3.05) is 11.4 Å². The highest BCUT2D eigenvalue weighted by Crippen LogP contribution is 2.37. The lowest BCUT2D eigenvalue weighted by Gasteiger charge is -2.32. The van der Waals surface area contributed by atoms with E-state index >= 15 is 0 Å². The fraction of sp³-hybridized carbons (Fsp3) is 0.368. The summed E-state index contributed by atoms with van der Waals surface area (Å²) in [6, 6.07) is 5.96. The van der Waals surface area contributed by atoms with Crippen LogP contribution in [-0.4, -0.2) is 36.3 Å². The summed E-state index contributed by atoms with van der Waals surface area (Å²) in [5.74, 6) is 0.604. The van der Waals surface area contributed by atoms with Crippen molar-refractivity contribution >= 4 is 23.1 Å². The van der Waals surface area contributed by atoms with E-state index in [1.54, 1.807) is 10.8 Å². The van der Waals surface area contributed by atoms with Gasteiger partial charge in [0.25, 0.3) is 0 Å². The quantitative estimate of drug-likeness (QED) is 0.556. The van der Waals surface area contributed by atoms with E-state index in [0.717, 1.165) is 29.0 Å². The van der Waals surface area contributed by atoms with E-state index in [9.17, 15) is 0 Å². The summed E-state index contributed by atoms with van der Waals surface area (Å²) in [6.45, 7) is 6.86. The Labute approximate surface area is 166 Å². The smallest absolute Gasteiger partial charge is 0.319 e. The molecule has 0 saturated carbocycles. The zero-order valence-electron chi connectivity index (χ0n) is 15.8. The lowest BCUT2D eigenvalue weighted by Crippen LogP contribution is -2.37. The summed E-state index contributed by atoms with van der Waals surface area (Å²) in [5, 5.41) is 14.0. The summed E-state index contributed by atoms with van der Waals surface area (Å²) < 4.78 is 7.82. The Morgan fingerprint density at radius 3 is 2.89 bits per heavy atom. The molecule has 8 nitrogen and oxygen atoms in total. The minimum atomic E-state index is -0.237. The van der Waals surface area contributed by atoms with Crippen molar-refractivity contribution in [3.05, 3.63) is 58.7 Å². The Hall–Kier alpha value is -2.87. The average molecular weight is 398 g/mol. The van der Waals surface area contributed by atoms with Gasteiger partial charge < -0.3 is 14.3 Å². The fourth-order valence-corrected chi connectivity index (χ4v) is 3.76. The molecule has 4 aromatic heterocycles. The molecule has 5 heterocycles. The third kappa shape index (κ3) is 2.67. The molecule has 0 spiro atoms. The number of hydrogen-bond donors (Lipinski definition) is 1. The van der Waals surface area contributed by atoms with Crippen molar-refractivity contribution in [2.24, 2.45) is 0 Å². The Kier molecular flexibility index (Phi) is 3.74. The summed E-state index contributed by atoms with van der Waals surface area (Å²) in [4.78, 5) is 9.88. The number of aromatic nitrogens is 6. The van der Waals surface area contributed by atoms with E-state index in [1.165, 1.54) is 0 Å². The van der Waals surface area contributed by atoms with Gasteiger partial charge in [0.1, 0.15) is 6.04 Å². The predicted octanol–water partition coefficient (Wildman–Crippen LogP) is 3.54.